The van der Waals surface area contributed by atoms with Gasteiger partial charge in [0.15, 0.2) is 0 Å². The summed E-state index contributed by atoms with van der Waals surface area (Å²) in [5.41, 5.74) is 8.80. The maximum absolute atomic E-state index is 14.2. The average molecular weight is 1250 g/mol. The zero-order valence-electron chi connectivity index (χ0n) is 46.9. The summed E-state index contributed by atoms with van der Waals surface area (Å²) in [6.45, 7) is 5.38. The van der Waals surface area contributed by atoms with E-state index in [0.29, 0.717) is 93.4 Å². The van der Waals surface area contributed by atoms with Crippen LogP contribution < -0.4 is 26.6 Å². The fourth-order valence-corrected chi connectivity index (χ4v) is 13.1. The molecule has 83 heavy (non-hydrogen) atoms. The standard InChI is InChI=1S/C38H42BrCl2N7O2.C24H33ClN6O2/c39-28-18-27-9-8-26-19-30(41)12-13-33(26)36(35(27)44-20-28)46-16-17-48(38(50)45-31-4-2-1-3-5-31)34(23-46)37(49)43-15-14-32-21-42-24-47(32)22-25-6-10-29(40)11-7-25;25-19-8-6-18(7-9-19)16-30-17-27-14-21(30)10-11-28-23(32)22-15-26-12-13-31(22)24(33)29-20-4-2-1-3-5-20/h6-7,10-13,18-21,24,31,34,36H,1-5,8-9,14-17,22-23H2,(H,43,49)(H,45,50);6-9,14,17,20,22,26H,1-5,10-13,15-16H2,(H,28,32)(H,29,33)/t34-,36?;22-/m11/s1. The third-order valence-electron chi connectivity index (χ3n) is 16.8. The van der Waals surface area contributed by atoms with Crippen molar-refractivity contribution in [2.45, 2.75) is 133 Å². The lowest BCUT2D eigenvalue weighted by atomic mass is 9.95. The van der Waals surface area contributed by atoms with E-state index in [-0.39, 0.29) is 42.0 Å². The number of halogens is 4. The Kier molecular flexibility index (Phi) is 21.1. The second-order valence-electron chi connectivity index (χ2n) is 22.5. The number of urea groups is 2. The van der Waals surface area contributed by atoms with Crippen molar-refractivity contribution in [1.29, 1.82) is 0 Å². The number of hydrogen-bond donors (Lipinski definition) is 5. The van der Waals surface area contributed by atoms with Crippen molar-refractivity contribution >= 4 is 74.6 Å². The molecule has 4 fully saturated rings. The van der Waals surface area contributed by atoms with Crippen LogP contribution in [0.3, 0.4) is 0 Å². The Hall–Kier alpha value is -6.02. The molecule has 2 saturated carbocycles. The quantitative estimate of drug-likeness (QED) is 0.0668. The third kappa shape index (κ3) is 16.0. The number of imidazole rings is 2. The first-order chi connectivity index (χ1) is 40.4. The van der Waals surface area contributed by atoms with Crippen molar-refractivity contribution in [3.8, 4) is 0 Å². The highest BCUT2D eigenvalue weighted by Gasteiger charge is 2.41. The highest BCUT2D eigenvalue weighted by Crippen LogP contribution is 2.39. The van der Waals surface area contributed by atoms with Crippen LogP contribution in [-0.2, 0) is 48.4 Å². The van der Waals surface area contributed by atoms with E-state index in [2.05, 4.69) is 84.7 Å². The number of amides is 6. The highest BCUT2D eigenvalue weighted by molar-refractivity contribution is 9.10. The molecule has 17 nitrogen and oxygen atoms in total. The monoisotopic (exact) mass is 1250 g/mol. The van der Waals surface area contributed by atoms with Gasteiger partial charge in [0.05, 0.1) is 24.4 Å². The van der Waals surface area contributed by atoms with Crippen LogP contribution in [-0.4, -0.2) is 139 Å². The van der Waals surface area contributed by atoms with Crippen molar-refractivity contribution in [2.75, 3.05) is 52.4 Å². The number of pyridine rings is 1. The Morgan fingerprint density at radius 3 is 1.71 bits per heavy atom. The second-order valence-corrected chi connectivity index (χ2v) is 24.7. The topological polar surface area (TPSA) is 187 Å². The summed E-state index contributed by atoms with van der Waals surface area (Å²) in [6, 6.07) is 22.5. The van der Waals surface area contributed by atoms with Gasteiger partial charge in [-0.15, -0.1) is 0 Å². The zero-order chi connectivity index (χ0) is 57.7. The molecular formula is C62H75BrCl3N13O4. The molecular weight excluding hydrogens is 1180 g/mol. The Morgan fingerprint density at radius 1 is 0.602 bits per heavy atom. The minimum Gasteiger partial charge on any atom is -0.354 e. The first-order valence-corrected chi connectivity index (χ1v) is 31.4. The molecule has 5 heterocycles. The van der Waals surface area contributed by atoms with Crippen molar-refractivity contribution in [1.82, 2.24) is 65.4 Å². The number of aryl methyl sites for hydroxylation is 2. The predicted molar refractivity (Wildman–Crippen MR) is 328 cm³/mol. The van der Waals surface area contributed by atoms with E-state index in [9.17, 15) is 19.2 Å². The molecule has 2 aliphatic heterocycles. The Labute approximate surface area is 510 Å². The molecule has 2 saturated heterocycles. The molecule has 3 aromatic carbocycles. The zero-order valence-corrected chi connectivity index (χ0v) is 50.7. The van der Waals surface area contributed by atoms with Gasteiger partial charge in [0.25, 0.3) is 0 Å². The number of nitrogens with zero attached hydrogens (tertiary/aromatic N) is 8. The average Bonchev–Trinajstić information content (AvgIpc) is 4.13. The number of nitrogens with one attached hydrogen (secondary N) is 5. The second kappa shape index (κ2) is 29.2. The van der Waals surface area contributed by atoms with Gasteiger partial charge < -0.3 is 45.5 Å². The van der Waals surface area contributed by atoms with Gasteiger partial charge in [-0.2, -0.15) is 0 Å². The molecule has 1 unspecified atom stereocenters. The molecule has 3 aliphatic carbocycles. The molecule has 21 heteroatoms. The van der Waals surface area contributed by atoms with E-state index < -0.39 is 12.1 Å². The normalized spacial score (nSPS) is 19.5. The lowest BCUT2D eigenvalue weighted by molar-refractivity contribution is -0.128. The molecule has 6 aromatic rings. The van der Waals surface area contributed by atoms with Crippen molar-refractivity contribution < 1.29 is 19.2 Å². The molecule has 440 valence electrons. The van der Waals surface area contributed by atoms with Gasteiger partial charge in [-0.3, -0.25) is 19.5 Å². The van der Waals surface area contributed by atoms with E-state index in [1.807, 2.05) is 79.5 Å². The fraction of sp³-hybridized carbons (Fsp3) is 0.468. The van der Waals surface area contributed by atoms with Gasteiger partial charge in [0.1, 0.15) is 12.1 Å². The Morgan fingerprint density at radius 2 is 1.13 bits per heavy atom. The van der Waals surface area contributed by atoms with Crippen LogP contribution >= 0.6 is 50.7 Å². The van der Waals surface area contributed by atoms with Crippen molar-refractivity contribution in [3.63, 3.8) is 0 Å². The van der Waals surface area contributed by atoms with Gasteiger partial charge in [0, 0.05) is 140 Å². The number of benzene rings is 3. The summed E-state index contributed by atoms with van der Waals surface area (Å²) >= 11 is 22.2. The summed E-state index contributed by atoms with van der Waals surface area (Å²) in [7, 11) is 0. The van der Waals surface area contributed by atoms with Gasteiger partial charge in [-0.1, -0.05) is 104 Å². The molecule has 11 rings (SSSR count). The lowest BCUT2D eigenvalue weighted by Gasteiger charge is -2.44. The molecule has 6 amide bonds. The summed E-state index contributed by atoms with van der Waals surface area (Å²) in [5.74, 6) is -0.282. The minimum absolute atomic E-state index is 0.121. The van der Waals surface area contributed by atoms with E-state index in [0.717, 1.165) is 102 Å². The summed E-state index contributed by atoms with van der Waals surface area (Å²) in [6.07, 6.45) is 23.1. The van der Waals surface area contributed by atoms with Crippen LogP contribution in [0.4, 0.5) is 9.59 Å². The van der Waals surface area contributed by atoms with E-state index in [1.54, 1.807) is 16.1 Å². The van der Waals surface area contributed by atoms with Gasteiger partial charge in [-0.25, -0.2) is 19.6 Å². The van der Waals surface area contributed by atoms with Gasteiger partial charge >= 0.3 is 12.1 Å². The molecule has 3 aromatic heterocycles. The third-order valence-corrected chi connectivity index (χ3v) is 18.0. The van der Waals surface area contributed by atoms with Crippen LogP contribution in [0.5, 0.6) is 0 Å². The van der Waals surface area contributed by atoms with Crippen LogP contribution in [0.2, 0.25) is 15.1 Å². The van der Waals surface area contributed by atoms with E-state index in [4.69, 9.17) is 39.8 Å². The largest absolute Gasteiger partial charge is 0.354 e. The number of piperazine rings is 2. The summed E-state index contributed by atoms with van der Waals surface area (Å²) in [5, 5.41) is 18.0. The van der Waals surface area contributed by atoms with Crippen LogP contribution in [0, 0.1) is 0 Å². The summed E-state index contributed by atoms with van der Waals surface area (Å²) < 4.78 is 5.09. The number of carbonyl (C=O) groups excluding carboxylic acids is 4. The first-order valence-electron chi connectivity index (χ1n) is 29.5. The maximum atomic E-state index is 14.2. The SMILES string of the molecule is O=C(NCCc1cncn1Cc1ccc(Cl)cc1)[C@H]1CN(C2c3ccc(Cl)cc3CCc3cc(Br)cnc32)CCN1C(=O)NC1CCCCC1.O=C(NCCc1cncn1Cc1ccc(Cl)cc1)[C@H]1CNCCN1C(=O)NC1CCCCC1. The van der Waals surface area contributed by atoms with Crippen LogP contribution in [0.25, 0.3) is 0 Å². The lowest BCUT2D eigenvalue weighted by Crippen LogP contribution is -2.63. The fourth-order valence-electron chi connectivity index (χ4n) is 12.3. The molecule has 0 bridgehead atoms. The number of fused-ring (bicyclic) bond motifs is 2. The Balaban J connectivity index is 0.000000202. The van der Waals surface area contributed by atoms with Gasteiger partial charge in [-0.05, 0) is 125 Å². The van der Waals surface area contributed by atoms with E-state index in [1.165, 1.54) is 24.0 Å². The molecule has 5 aliphatic rings. The number of aromatic nitrogens is 5. The Bertz CT molecular complexity index is 3100. The predicted octanol–water partition coefficient (Wildman–Crippen LogP) is 9.53. The molecule has 3 atom stereocenters. The van der Waals surface area contributed by atoms with Crippen molar-refractivity contribution in [3.05, 3.63) is 168 Å². The van der Waals surface area contributed by atoms with Crippen LogP contribution in [0.15, 0.2) is 109 Å². The summed E-state index contributed by atoms with van der Waals surface area (Å²) in [4.78, 5) is 73.2. The molecule has 0 spiro atoms. The molecule has 0 radical (unpaired) electrons. The van der Waals surface area contributed by atoms with Crippen molar-refractivity contribution in [2.24, 2.45) is 0 Å². The minimum atomic E-state index is -0.677. The smallest absolute Gasteiger partial charge is 0.318 e. The number of rotatable bonds is 15. The van der Waals surface area contributed by atoms with Gasteiger partial charge in [0.2, 0.25) is 11.8 Å². The number of carbonyl (C=O) groups is 4. The van der Waals surface area contributed by atoms with E-state index >= 15 is 0 Å². The first kappa shape index (κ1) is 60.1. The number of hydrogen-bond acceptors (Lipinski definition) is 9. The van der Waals surface area contributed by atoms with Crippen LogP contribution in [0.1, 0.15) is 115 Å². The maximum Gasteiger partial charge on any atom is 0.318 e. The molecule has 5 N–H and O–H groups in total. The highest BCUT2D eigenvalue weighted by atomic mass is 79.9.